The summed E-state index contributed by atoms with van der Waals surface area (Å²) in [5.41, 5.74) is 5.04. The van der Waals surface area contributed by atoms with Gasteiger partial charge < -0.3 is 4.57 Å². The molecule has 0 amide bonds. The number of hydrogen-bond donors (Lipinski definition) is 0. The van der Waals surface area contributed by atoms with Crippen LogP contribution >= 0.6 is 11.3 Å². The maximum Gasteiger partial charge on any atom is 0.159 e. The molecule has 3 aromatic heterocycles. The molecule has 1 aliphatic rings. The first kappa shape index (κ1) is 16.4. The van der Waals surface area contributed by atoms with Gasteiger partial charge in [0.15, 0.2) is 5.82 Å². The van der Waals surface area contributed by atoms with Crippen molar-refractivity contribution in [3.8, 4) is 11.5 Å². The molecule has 1 fully saturated rings. The van der Waals surface area contributed by atoms with Crippen LogP contribution in [0.1, 0.15) is 35.0 Å². The van der Waals surface area contributed by atoms with Gasteiger partial charge in [-0.3, -0.25) is 9.88 Å². The van der Waals surface area contributed by atoms with Crippen LogP contribution in [0.4, 0.5) is 0 Å². The second kappa shape index (κ2) is 7.01. The van der Waals surface area contributed by atoms with Crippen LogP contribution < -0.4 is 0 Å². The van der Waals surface area contributed by atoms with Gasteiger partial charge in [0.05, 0.1) is 23.1 Å². The molecule has 0 radical (unpaired) electrons. The Morgan fingerprint density at radius 1 is 1.12 bits per heavy atom. The van der Waals surface area contributed by atoms with Gasteiger partial charge in [-0.2, -0.15) is 0 Å². The minimum absolute atomic E-state index is 0.502. The molecular formula is C18H22N6S. The van der Waals surface area contributed by atoms with Crippen molar-refractivity contribution in [2.24, 2.45) is 7.05 Å². The highest BCUT2D eigenvalue weighted by Gasteiger charge is 2.22. The highest BCUT2D eigenvalue weighted by atomic mass is 32.1. The van der Waals surface area contributed by atoms with Crippen molar-refractivity contribution >= 4 is 11.3 Å². The molecule has 0 saturated carbocycles. The van der Waals surface area contributed by atoms with Crippen LogP contribution in [0.3, 0.4) is 0 Å². The molecule has 1 saturated heterocycles. The van der Waals surface area contributed by atoms with Gasteiger partial charge in [0, 0.05) is 43.0 Å². The van der Waals surface area contributed by atoms with E-state index >= 15 is 0 Å². The first-order valence-electron chi connectivity index (χ1n) is 8.61. The van der Waals surface area contributed by atoms with Crippen LogP contribution in [0.2, 0.25) is 0 Å². The van der Waals surface area contributed by atoms with Gasteiger partial charge in [-0.1, -0.05) is 0 Å². The van der Waals surface area contributed by atoms with Gasteiger partial charge in [0.1, 0.15) is 5.69 Å². The van der Waals surface area contributed by atoms with Crippen molar-refractivity contribution in [2.45, 2.75) is 32.2 Å². The zero-order valence-electron chi connectivity index (χ0n) is 14.6. The van der Waals surface area contributed by atoms with Gasteiger partial charge in [-0.15, -0.1) is 11.3 Å². The first-order valence-corrected chi connectivity index (χ1v) is 9.49. The van der Waals surface area contributed by atoms with E-state index in [0.29, 0.717) is 5.92 Å². The van der Waals surface area contributed by atoms with Gasteiger partial charge in [0.25, 0.3) is 0 Å². The molecule has 7 heteroatoms. The smallest absolute Gasteiger partial charge is 0.159 e. The van der Waals surface area contributed by atoms with E-state index in [1.165, 1.54) is 10.6 Å². The van der Waals surface area contributed by atoms with Gasteiger partial charge in [-0.25, -0.2) is 15.0 Å². The zero-order chi connectivity index (χ0) is 17.2. The molecule has 0 N–H and O–H groups in total. The van der Waals surface area contributed by atoms with Gasteiger partial charge in [-0.05, 0) is 32.9 Å². The monoisotopic (exact) mass is 354 g/mol. The Kier molecular flexibility index (Phi) is 4.59. The zero-order valence-corrected chi connectivity index (χ0v) is 15.4. The van der Waals surface area contributed by atoms with E-state index in [9.17, 15) is 0 Å². The van der Waals surface area contributed by atoms with Crippen LogP contribution in [-0.4, -0.2) is 42.5 Å². The molecule has 3 aromatic rings. The predicted molar refractivity (Wildman–Crippen MR) is 98.3 cm³/mol. The van der Waals surface area contributed by atoms with E-state index in [1.807, 2.05) is 35.7 Å². The maximum absolute atomic E-state index is 4.67. The minimum atomic E-state index is 0.502. The Bertz CT molecular complexity index is 829. The minimum Gasteiger partial charge on any atom is -0.333 e. The third-order valence-corrected chi connectivity index (χ3v) is 5.86. The summed E-state index contributed by atoms with van der Waals surface area (Å²) in [4.78, 5) is 21.8. The van der Waals surface area contributed by atoms with Crippen LogP contribution in [-0.2, 0) is 13.6 Å². The fourth-order valence-electron chi connectivity index (χ4n) is 3.34. The Morgan fingerprint density at radius 2 is 1.96 bits per heavy atom. The number of imidazole rings is 1. The normalized spacial score (nSPS) is 16.4. The van der Waals surface area contributed by atoms with Crippen molar-refractivity contribution < 1.29 is 0 Å². The summed E-state index contributed by atoms with van der Waals surface area (Å²) in [5, 5.41) is 0. The summed E-state index contributed by atoms with van der Waals surface area (Å²) in [6.07, 6.45) is 9.75. The van der Waals surface area contributed by atoms with Crippen molar-refractivity contribution in [1.29, 1.82) is 0 Å². The number of hydrogen-bond acceptors (Lipinski definition) is 6. The van der Waals surface area contributed by atoms with Crippen LogP contribution in [0.15, 0.2) is 30.3 Å². The van der Waals surface area contributed by atoms with E-state index in [4.69, 9.17) is 0 Å². The lowest BCUT2D eigenvalue weighted by molar-refractivity contribution is 0.204. The molecule has 25 heavy (non-hydrogen) atoms. The average molecular weight is 354 g/mol. The summed E-state index contributed by atoms with van der Waals surface area (Å²) < 4.78 is 1.96. The third-order valence-electron chi connectivity index (χ3n) is 4.94. The topological polar surface area (TPSA) is 59.7 Å². The highest BCUT2D eigenvalue weighted by Crippen LogP contribution is 2.28. The molecule has 6 nitrogen and oxygen atoms in total. The second-order valence-corrected chi connectivity index (χ2v) is 7.54. The molecular weight excluding hydrogens is 332 g/mol. The quantitative estimate of drug-likeness (QED) is 0.721. The van der Waals surface area contributed by atoms with Gasteiger partial charge >= 0.3 is 0 Å². The van der Waals surface area contributed by atoms with E-state index in [1.54, 1.807) is 17.5 Å². The number of rotatable bonds is 4. The largest absolute Gasteiger partial charge is 0.333 e. The molecule has 0 unspecified atom stereocenters. The van der Waals surface area contributed by atoms with Crippen molar-refractivity contribution in [3.05, 3.63) is 46.6 Å². The van der Waals surface area contributed by atoms with E-state index in [2.05, 4.69) is 31.8 Å². The Balaban J connectivity index is 1.38. The SMILES string of the molecule is Cc1ncsc1CN1CCC(c2cnc(-c3nccn3C)cn2)CC1. The van der Waals surface area contributed by atoms with Crippen molar-refractivity contribution in [2.75, 3.05) is 13.1 Å². The maximum atomic E-state index is 4.67. The lowest BCUT2D eigenvalue weighted by Crippen LogP contribution is -2.32. The molecule has 0 bridgehead atoms. The predicted octanol–water partition coefficient (Wildman–Crippen LogP) is 3.02. The molecule has 0 spiro atoms. The molecule has 0 aliphatic carbocycles. The van der Waals surface area contributed by atoms with Crippen molar-refractivity contribution in [3.63, 3.8) is 0 Å². The molecule has 0 aromatic carbocycles. The molecule has 4 rings (SSSR count). The van der Waals surface area contributed by atoms with Gasteiger partial charge in [0.2, 0.25) is 0 Å². The highest BCUT2D eigenvalue weighted by molar-refractivity contribution is 7.09. The number of likely N-dealkylation sites (tertiary alicyclic amines) is 1. The van der Waals surface area contributed by atoms with Crippen LogP contribution in [0, 0.1) is 6.92 Å². The number of aromatic nitrogens is 5. The average Bonchev–Trinajstić information content (AvgIpc) is 3.24. The lowest BCUT2D eigenvalue weighted by atomic mass is 9.93. The molecule has 130 valence electrons. The third kappa shape index (κ3) is 3.48. The summed E-state index contributed by atoms with van der Waals surface area (Å²) >= 11 is 1.76. The van der Waals surface area contributed by atoms with Crippen LogP contribution in [0.5, 0.6) is 0 Å². The fourth-order valence-corrected chi connectivity index (χ4v) is 4.16. The molecule has 4 heterocycles. The summed E-state index contributed by atoms with van der Waals surface area (Å²) in [5.74, 6) is 1.36. The first-order chi connectivity index (χ1) is 12.2. The summed E-state index contributed by atoms with van der Waals surface area (Å²) in [6, 6.07) is 0. The molecule has 0 atom stereocenters. The second-order valence-electron chi connectivity index (χ2n) is 6.60. The summed E-state index contributed by atoms with van der Waals surface area (Å²) in [6.45, 7) is 5.32. The standard InChI is InChI=1S/C18H22N6S/c1-13-17(25-12-22-13)11-24-6-3-14(4-7-24)15-9-21-16(10-20-15)18-19-5-8-23(18)2/h5,8-10,12,14H,3-4,6-7,11H2,1-2H3. The summed E-state index contributed by atoms with van der Waals surface area (Å²) in [7, 11) is 1.97. The number of aryl methyl sites for hydroxylation is 2. The lowest BCUT2D eigenvalue weighted by Gasteiger charge is -2.31. The Labute approximate surface area is 151 Å². The number of piperidine rings is 1. The number of nitrogens with zero attached hydrogens (tertiary/aromatic N) is 6. The van der Waals surface area contributed by atoms with E-state index < -0.39 is 0 Å². The van der Waals surface area contributed by atoms with E-state index in [-0.39, 0.29) is 0 Å². The Hall–Kier alpha value is -2.12. The Morgan fingerprint density at radius 3 is 2.56 bits per heavy atom. The molecule has 1 aliphatic heterocycles. The van der Waals surface area contributed by atoms with Crippen LogP contribution in [0.25, 0.3) is 11.5 Å². The van der Waals surface area contributed by atoms with E-state index in [0.717, 1.165) is 49.7 Å². The number of thiazole rings is 1. The fraction of sp³-hybridized carbons (Fsp3) is 0.444. The van der Waals surface area contributed by atoms with Crippen molar-refractivity contribution in [1.82, 2.24) is 29.4 Å².